The van der Waals surface area contributed by atoms with Gasteiger partial charge in [-0.2, -0.15) is 0 Å². The first-order chi connectivity index (χ1) is 9.15. The number of aryl methyl sites for hydroxylation is 1. The number of carbonyl (C=O) groups is 1. The molecule has 1 aromatic carbocycles. The van der Waals surface area contributed by atoms with E-state index in [-0.39, 0.29) is 5.97 Å². The Balaban J connectivity index is 2.17. The van der Waals surface area contributed by atoms with Crippen molar-refractivity contribution in [2.45, 2.75) is 38.2 Å². The van der Waals surface area contributed by atoms with Crippen LogP contribution in [0.15, 0.2) is 18.2 Å². The number of methoxy groups -OCH3 is 1. The Kier molecular flexibility index (Phi) is 4.10. The van der Waals surface area contributed by atoms with Gasteiger partial charge in [0, 0.05) is 12.8 Å². The van der Waals surface area contributed by atoms with Crippen LogP contribution in [0.2, 0.25) is 0 Å². The Labute approximate surface area is 113 Å². The number of esters is 1. The van der Waals surface area contributed by atoms with Crippen LogP contribution in [-0.4, -0.2) is 25.2 Å². The Hall–Kier alpha value is -1.55. The molecule has 1 aliphatic carbocycles. The molecule has 104 valence electrons. The lowest BCUT2D eigenvalue weighted by molar-refractivity contribution is -0.151. The molecule has 1 saturated carbocycles. The van der Waals surface area contributed by atoms with Crippen LogP contribution in [0.1, 0.15) is 30.9 Å². The normalized spacial score (nSPS) is 15.9. The molecule has 2 N–H and O–H groups in total. The van der Waals surface area contributed by atoms with Gasteiger partial charge in [0.1, 0.15) is 5.75 Å². The fourth-order valence-corrected chi connectivity index (χ4v) is 2.27. The van der Waals surface area contributed by atoms with Gasteiger partial charge in [0.15, 0.2) is 0 Å². The van der Waals surface area contributed by atoms with Crippen molar-refractivity contribution in [3.63, 3.8) is 0 Å². The summed E-state index contributed by atoms with van der Waals surface area (Å²) in [6, 6.07) is 5.96. The quantitative estimate of drug-likeness (QED) is 0.795. The monoisotopic (exact) mass is 263 g/mol. The fourth-order valence-electron chi connectivity index (χ4n) is 2.27. The van der Waals surface area contributed by atoms with E-state index in [0.717, 1.165) is 31.4 Å². The highest BCUT2D eigenvalue weighted by atomic mass is 16.6. The molecule has 2 rings (SSSR count). The number of rotatable bonds is 6. The molecular weight excluding hydrogens is 242 g/mol. The molecule has 4 nitrogen and oxygen atoms in total. The van der Waals surface area contributed by atoms with E-state index in [2.05, 4.69) is 6.92 Å². The average molecular weight is 263 g/mol. The maximum atomic E-state index is 11.7. The van der Waals surface area contributed by atoms with E-state index < -0.39 is 5.60 Å². The second kappa shape index (κ2) is 5.61. The number of hydrogen-bond donors (Lipinski definition) is 1. The zero-order valence-corrected chi connectivity index (χ0v) is 11.6. The summed E-state index contributed by atoms with van der Waals surface area (Å²) in [6.45, 7) is 2.73. The maximum absolute atomic E-state index is 11.7. The van der Waals surface area contributed by atoms with Gasteiger partial charge in [-0.25, -0.2) is 4.79 Å². The van der Waals surface area contributed by atoms with Gasteiger partial charge in [-0.3, -0.25) is 0 Å². The molecule has 0 heterocycles. The van der Waals surface area contributed by atoms with Crippen molar-refractivity contribution in [3.8, 4) is 5.75 Å². The summed E-state index contributed by atoms with van der Waals surface area (Å²) in [5, 5.41) is 0. The molecule has 19 heavy (non-hydrogen) atoms. The van der Waals surface area contributed by atoms with Gasteiger partial charge >= 0.3 is 5.97 Å². The summed E-state index contributed by atoms with van der Waals surface area (Å²) in [6.07, 6.45) is 3.24. The number of hydrogen-bond acceptors (Lipinski definition) is 4. The Morgan fingerprint density at radius 2 is 2.11 bits per heavy atom. The first kappa shape index (κ1) is 13.9. The van der Waals surface area contributed by atoms with Crippen LogP contribution in [0.4, 0.5) is 0 Å². The van der Waals surface area contributed by atoms with E-state index in [0.29, 0.717) is 6.54 Å². The van der Waals surface area contributed by atoms with Gasteiger partial charge in [0.2, 0.25) is 5.60 Å². The summed E-state index contributed by atoms with van der Waals surface area (Å²) >= 11 is 0. The molecule has 0 atom stereocenters. The van der Waals surface area contributed by atoms with E-state index in [4.69, 9.17) is 15.2 Å². The van der Waals surface area contributed by atoms with Gasteiger partial charge in [0.05, 0.1) is 7.11 Å². The van der Waals surface area contributed by atoms with Crippen LogP contribution in [0.3, 0.4) is 0 Å². The molecule has 1 fully saturated rings. The predicted octanol–water partition coefficient (Wildman–Crippen LogP) is 1.83. The summed E-state index contributed by atoms with van der Waals surface area (Å²) in [7, 11) is 1.39. The fraction of sp³-hybridized carbons (Fsp3) is 0.533. The van der Waals surface area contributed by atoms with Crippen LogP contribution >= 0.6 is 0 Å². The van der Waals surface area contributed by atoms with E-state index in [1.807, 2.05) is 18.2 Å². The number of benzene rings is 1. The van der Waals surface area contributed by atoms with E-state index in [9.17, 15) is 4.79 Å². The zero-order valence-electron chi connectivity index (χ0n) is 11.6. The minimum atomic E-state index is -0.748. The second-order valence-corrected chi connectivity index (χ2v) is 4.91. The predicted molar refractivity (Wildman–Crippen MR) is 73.2 cm³/mol. The van der Waals surface area contributed by atoms with Crippen molar-refractivity contribution >= 4 is 5.97 Å². The van der Waals surface area contributed by atoms with E-state index in [1.165, 1.54) is 18.2 Å². The third-order valence-corrected chi connectivity index (χ3v) is 3.55. The highest BCUT2D eigenvalue weighted by Gasteiger charge is 2.54. The lowest BCUT2D eigenvalue weighted by atomic mass is 10.0. The molecular formula is C15H21NO3. The molecule has 0 radical (unpaired) electrons. The third kappa shape index (κ3) is 2.89. The van der Waals surface area contributed by atoms with Crippen LogP contribution < -0.4 is 10.5 Å². The third-order valence-electron chi connectivity index (χ3n) is 3.55. The molecule has 0 aromatic heterocycles. The standard InChI is InChI=1S/C15H21NO3/c1-3-11-4-5-13(10-12(11)6-9-16)19-15(7-8-15)14(17)18-2/h4-5,10H,3,6-9,16H2,1-2H3. The molecule has 0 spiro atoms. The van der Waals surface area contributed by atoms with E-state index >= 15 is 0 Å². The van der Waals surface area contributed by atoms with Crippen molar-refractivity contribution in [3.05, 3.63) is 29.3 Å². The topological polar surface area (TPSA) is 61.5 Å². The maximum Gasteiger partial charge on any atom is 0.350 e. The average Bonchev–Trinajstić information content (AvgIpc) is 3.19. The SMILES string of the molecule is CCc1ccc(OC2(C(=O)OC)CC2)cc1CCN. The molecule has 4 heteroatoms. The molecule has 0 amide bonds. The van der Waals surface area contributed by atoms with Gasteiger partial charge in [-0.1, -0.05) is 13.0 Å². The first-order valence-corrected chi connectivity index (χ1v) is 6.74. The first-order valence-electron chi connectivity index (χ1n) is 6.74. The highest BCUT2D eigenvalue weighted by Crippen LogP contribution is 2.41. The Morgan fingerprint density at radius 1 is 1.37 bits per heavy atom. The lowest BCUT2D eigenvalue weighted by Gasteiger charge is -2.17. The van der Waals surface area contributed by atoms with Gasteiger partial charge < -0.3 is 15.2 Å². The van der Waals surface area contributed by atoms with Crippen molar-refractivity contribution in [2.24, 2.45) is 5.73 Å². The smallest absolute Gasteiger partial charge is 0.350 e. The largest absolute Gasteiger partial charge is 0.476 e. The van der Waals surface area contributed by atoms with Crippen LogP contribution in [0.5, 0.6) is 5.75 Å². The lowest BCUT2D eigenvalue weighted by Crippen LogP contribution is -2.30. The van der Waals surface area contributed by atoms with Crippen LogP contribution in [0, 0.1) is 0 Å². The van der Waals surface area contributed by atoms with Crippen molar-refractivity contribution < 1.29 is 14.3 Å². The summed E-state index contributed by atoms with van der Waals surface area (Å²) < 4.78 is 10.6. The number of nitrogens with two attached hydrogens (primary N) is 1. The molecule has 0 unspecified atom stereocenters. The summed E-state index contributed by atoms with van der Waals surface area (Å²) in [5.74, 6) is 0.441. The van der Waals surface area contributed by atoms with Gasteiger partial charge in [0.25, 0.3) is 0 Å². The minimum Gasteiger partial charge on any atom is -0.476 e. The number of ether oxygens (including phenoxy) is 2. The highest BCUT2D eigenvalue weighted by molar-refractivity contribution is 5.83. The van der Waals surface area contributed by atoms with Gasteiger partial charge in [-0.05, 0) is 42.6 Å². The van der Waals surface area contributed by atoms with Gasteiger partial charge in [-0.15, -0.1) is 0 Å². The minimum absolute atomic E-state index is 0.285. The molecule has 1 aliphatic rings. The molecule has 0 saturated heterocycles. The summed E-state index contributed by atoms with van der Waals surface area (Å²) in [4.78, 5) is 11.7. The Bertz CT molecular complexity index is 466. The molecule has 1 aromatic rings. The molecule has 0 bridgehead atoms. The zero-order chi connectivity index (χ0) is 13.9. The van der Waals surface area contributed by atoms with Crippen LogP contribution in [-0.2, 0) is 22.4 Å². The van der Waals surface area contributed by atoms with E-state index in [1.54, 1.807) is 0 Å². The number of carbonyl (C=O) groups excluding carboxylic acids is 1. The van der Waals surface area contributed by atoms with Crippen molar-refractivity contribution in [2.75, 3.05) is 13.7 Å². The Morgan fingerprint density at radius 3 is 2.63 bits per heavy atom. The molecule has 0 aliphatic heterocycles. The van der Waals surface area contributed by atoms with Crippen molar-refractivity contribution in [1.29, 1.82) is 0 Å². The summed E-state index contributed by atoms with van der Waals surface area (Å²) in [5.41, 5.74) is 7.36. The second-order valence-electron chi connectivity index (χ2n) is 4.91. The van der Waals surface area contributed by atoms with Crippen molar-refractivity contribution in [1.82, 2.24) is 0 Å². The van der Waals surface area contributed by atoms with Crippen LogP contribution in [0.25, 0.3) is 0 Å².